The number of carbonyl (C=O) groups is 2. The van der Waals surface area contributed by atoms with E-state index in [1.807, 2.05) is 61.5 Å². The molecule has 0 spiro atoms. The fraction of sp³-hybridized carbons (Fsp3) is 0.250. The van der Waals surface area contributed by atoms with Crippen LogP contribution in [-0.2, 0) is 20.7 Å². The number of rotatable bonds is 6. The molecule has 0 aromatic heterocycles. The summed E-state index contributed by atoms with van der Waals surface area (Å²) in [4.78, 5) is 25.3. The van der Waals surface area contributed by atoms with Gasteiger partial charge in [-0.05, 0) is 48.2 Å². The van der Waals surface area contributed by atoms with Crippen molar-refractivity contribution < 1.29 is 19.1 Å². The summed E-state index contributed by atoms with van der Waals surface area (Å²) in [6.07, 6.45) is 0.0984. The van der Waals surface area contributed by atoms with Crippen molar-refractivity contribution in [2.45, 2.75) is 27.2 Å². The molecule has 0 fully saturated rings. The second kappa shape index (κ2) is 8.70. The molecule has 0 saturated heterocycles. The summed E-state index contributed by atoms with van der Waals surface area (Å²) in [6.45, 7) is 6.15. The molecule has 4 nitrogen and oxygen atoms in total. The van der Waals surface area contributed by atoms with Crippen LogP contribution in [0.4, 0.5) is 0 Å². The standard InChI is InChI=1S/C24H24O4/c1-4-27-21(25)15-20-16(3)18-13-9-10-14-19(18)23(24(26)28-5-2)22(20)17-11-7-6-8-12-17/h6-14H,4-5,15H2,1-3H3. The highest BCUT2D eigenvalue weighted by molar-refractivity contribution is 6.12. The van der Waals surface area contributed by atoms with Crippen LogP contribution < -0.4 is 0 Å². The number of benzene rings is 3. The van der Waals surface area contributed by atoms with Gasteiger partial charge in [0.25, 0.3) is 0 Å². The Morgan fingerprint density at radius 1 is 0.821 bits per heavy atom. The molecule has 0 aliphatic heterocycles. The minimum absolute atomic E-state index is 0.0984. The third kappa shape index (κ3) is 3.77. The van der Waals surface area contributed by atoms with E-state index in [1.165, 1.54) is 0 Å². The smallest absolute Gasteiger partial charge is 0.339 e. The molecule has 0 saturated carbocycles. The third-order valence-corrected chi connectivity index (χ3v) is 4.77. The van der Waals surface area contributed by atoms with Crippen LogP contribution in [0, 0.1) is 6.92 Å². The Labute approximate surface area is 165 Å². The lowest BCUT2D eigenvalue weighted by Gasteiger charge is -2.20. The van der Waals surface area contributed by atoms with Crippen molar-refractivity contribution in [3.8, 4) is 11.1 Å². The summed E-state index contributed by atoms with van der Waals surface area (Å²) in [7, 11) is 0. The fourth-order valence-electron chi connectivity index (χ4n) is 3.58. The highest BCUT2D eigenvalue weighted by atomic mass is 16.5. The highest BCUT2D eigenvalue weighted by Crippen LogP contribution is 2.38. The SMILES string of the molecule is CCOC(=O)Cc1c(-c2ccccc2)c(C(=O)OCC)c2ccccc2c1C. The molecule has 3 aromatic rings. The van der Waals surface area contributed by atoms with Gasteiger partial charge in [-0.25, -0.2) is 4.79 Å². The summed E-state index contributed by atoms with van der Waals surface area (Å²) in [5.41, 5.74) is 3.87. The molecule has 0 amide bonds. The first-order chi connectivity index (χ1) is 13.6. The summed E-state index contributed by atoms with van der Waals surface area (Å²) >= 11 is 0. The van der Waals surface area contributed by atoms with Crippen molar-refractivity contribution in [3.63, 3.8) is 0 Å². The molecule has 0 atom stereocenters. The molecule has 3 rings (SSSR count). The Balaban J connectivity index is 2.39. The maximum atomic E-state index is 13.0. The van der Waals surface area contributed by atoms with Crippen LogP contribution in [0.15, 0.2) is 54.6 Å². The molecule has 0 bridgehead atoms. The molecule has 0 aliphatic rings. The van der Waals surface area contributed by atoms with E-state index in [9.17, 15) is 9.59 Å². The molecular formula is C24H24O4. The van der Waals surface area contributed by atoms with Gasteiger partial charge < -0.3 is 9.47 Å². The maximum absolute atomic E-state index is 13.0. The first-order valence-corrected chi connectivity index (χ1v) is 9.50. The summed E-state index contributed by atoms with van der Waals surface area (Å²) < 4.78 is 10.6. The molecular weight excluding hydrogens is 352 g/mol. The lowest BCUT2D eigenvalue weighted by Crippen LogP contribution is -2.14. The molecule has 4 heteroatoms. The maximum Gasteiger partial charge on any atom is 0.339 e. The van der Waals surface area contributed by atoms with E-state index in [1.54, 1.807) is 13.8 Å². The van der Waals surface area contributed by atoms with E-state index in [-0.39, 0.29) is 25.0 Å². The molecule has 0 heterocycles. The first kappa shape index (κ1) is 19.6. The van der Waals surface area contributed by atoms with Gasteiger partial charge in [-0.3, -0.25) is 4.79 Å². The second-order valence-corrected chi connectivity index (χ2v) is 6.47. The average Bonchev–Trinajstić information content (AvgIpc) is 2.71. The van der Waals surface area contributed by atoms with Crippen LogP contribution in [0.2, 0.25) is 0 Å². The first-order valence-electron chi connectivity index (χ1n) is 9.50. The fourth-order valence-corrected chi connectivity index (χ4v) is 3.58. The van der Waals surface area contributed by atoms with Gasteiger partial charge >= 0.3 is 11.9 Å². The number of fused-ring (bicyclic) bond motifs is 1. The van der Waals surface area contributed by atoms with Gasteiger partial charge in [-0.2, -0.15) is 0 Å². The van der Waals surface area contributed by atoms with Crippen molar-refractivity contribution in [1.82, 2.24) is 0 Å². The van der Waals surface area contributed by atoms with E-state index in [2.05, 4.69) is 0 Å². The predicted octanol–water partition coefficient (Wildman–Crippen LogP) is 5.10. The molecule has 0 aliphatic carbocycles. The van der Waals surface area contributed by atoms with Crippen LogP contribution in [-0.4, -0.2) is 25.2 Å². The Morgan fingerprint density at radius 3 is 2.07 bits per heavy atom. The molecule has 28 heavy (non-hydrogen) atoms. The van der Waals surface area contributed by atoms with E-state index in [0.717, 1.165) is 33.0 Å². The van der Waals surface area contributed by atoms with Crippen molar-refractivity contribution in [2.24, 2.45) is 0 Å². The zero-order valence-corrected chi connectivity index (χ0v) is 16.5. The largest absolute Gasteiger partial charge is 0.466 e. The Hall–Kier alpha value is -3.14. The van der Waals surface area contributed by atoms with Gasteiger partial charge in [0.05, 0.1) is 25.2 Å². The predicted molar refractivity (Wildman–Crippen MR) is 110 cm³/mol. The van der Waals surface area contributed by atoms with Crippen LogP contribution in [0.25, 0.3) is 21.9 Å². The van der Waals surface area contributed by atoms with Crippen molar-refractivity contribution in [1.29, 1.82) is 0 Å². The minimum Gasteiger partial charge on any atom is -0.466 e. The van der Waals surface area contributed by atoms with Crippen LogP contribution in [0.3, 0.4) is 0 Å². The zero-order valence-electron chi connectivity index (χ0n) is 16.5. The number of carbonyl (C=O) groups excluding carboxylic acids is 2. The summed E-state index contributed by atoms with van der Waals surface area (Å²) in [5.74, 6) is -0.699. The zero-order chi connectivity index (χ0) is 20.1. The minimum atomic E-state index is -0.386. The molecule has 144 valence electrons. The van der Waals surface area contributed by atoms with Gasteiger partial charge in [-0.15, -0.1) is 0 Å². The molecule has 0 radical (unpaired) electrons. The van der Waals surface area contributed by atoms with Crippen LogP contribution in [0.5, 0.6) is 0 Å². The Bertz CT molecular complexity index is 1010. The molecule has 3 aromatic carbocycles. The number of esters is 2. The van der Waals surface area contributed by atoms with Crippen molar-refractivity contribution in [3.05, 3.63) is 71.3 Å². The topological polar surface area (TPSA) is 52.6 Å². The van der Waals surface area contributed by atoms with Crippen LogP contribution in [0.1, 0.15) is 35.3 Å². The van der Waals surface area contributed by atoms with E-state index in [4.69, 9.17) is 9.47 Å². The molecule has 0 unspecified atom stereocenters. The highest BCUT2D eigenvalue weighted by Gasteiger charge is 2.25. The monoisotopic (exact) mass is 376 g/mol. The van der Waals surface area contributed by atoms with Gasteiger partial charge in [0, 0.05) is 5.56 Å². The van der Waals surface area contributed by atoms with Crippen molar-refractivity contribution in [2.75, 3.05) is 13.2 Å². The second-order valence-electron chi connectivity index (χ2n) is 6.47. The van der Waals surface area contributed by atoms with E-state index in [0.29, 0.717) is 12.2 Å². The average molecular weight is 376 g/mol. The number of ether oxygens (including phenoxy) is 2. The van der Waals surface area contributed by atoms with Crippen LogP contribution >= 0.6 is 0 Å². The Morgan fingerprint density at radius 2 is 1.43 bits per heavy atom. The van der Waals surface area contributed by atoms with Gasteiger partial charge in [-0.1, -0.05) is 54.6 Å². The van der Waals surface area contributed by atoms with Gasteiger partial charge in [0.1, 0.15) is 0 Å². The lowest BCUT2D eigenvalue weighted by molar-refractivity contribution is -0.142. The summed E-state index contributed by atoms with van der Waals surface area (Å²) in [5, 5.41) is 1.76. The van der Waals surface area contributed by atoms with Gasteiger partial charge in [0.2, 0.25) is 0 Å². The summed E-state index contributed by atoms with van der Waals surface area (Å²) in [6, 6.07) is 17.4. The van der Waals surface area contributed by atoms with Gasteiger partial charge in [0.15, 0.2) is 0 Å². The Kier molecular flexibility index (Phi) is 6.09. The molecule has 0 N–H and O–H groups in total. The normalized spacial score (nSPS) is 10.7. The number of hydrogen-bond donors (Lipinski definition) is 0. The van der Waals surface area contributed by atoms with Crippen molar-refractivity contribution >= 4 is 22.7 Å². The quantitative estimate of drug-likeness (QED) is 0.562. The third-order valence-electron chi connectivity index (χ3n) is 4.77. The van der Waals surface area contributed by atoms with E-state index < -0.39 is 0 Å². The number of aryl methyl sites for hydroxylation is 1. The number of hydrogen-bond acceptors (Lipinski definition) is 4. The van der Waals surface area contributed by atoms with E-state index >= 15 is 0 Å². The lowest BCUT2D eigenvalue weighted by atomic mass is 9.85.